The van der Waals surface area contributed by atoms with Crippen molar-refractivity contribution in [3.63, 3.8) is 0 Å². The van der Waals surface area contributed by atoms with Gasteiger partial charge in [-0.3, -0.25) is 0 Å². The van der Waals surface area contributed by atoms with Crippen LogP contribution in [0.1, 0.15) is 5.56 Å². The van der Waals surface area contributed by atoms with Crippen LogP contribution in [0.15, 0.2) is 54.9 Å². The predicted molar refractivity (Wildman–Crippen MR) is 112 cm³/mol. The Kier molecular flexibility index (Phi) is 8.26. The van der Waals surface area contributed by atoms with Crippen molar-refractivity contribution >= 4 is 27.6 Å². The third-order valence-electron chi connectivity index (χ3n) is 3.71. The molecule has 1 aromatic heterocycles. The molecular weight excluding hydrogens is 467 g/mol. The fourth-order valence-electron chi connectivity index (χ4n) is 2.42. The molecule has 3 aromatic rings. The smallest absolute Gasteiger partial charge is 0.490 e. The van der Waals surface area contributed by atoms with E-state index in [1.165, 1.54) is 6.33 Å². The van der Waals surface area contributed by atoms with Gasteiger partial charge in [0.2, 0.25) is 16.0 Å². The summed E-state index contributed by atoms with van der Waals surface area (Å²) in [5, 5.41) is 15.3. The number of sulfonamides is 1. The molecule has 0 spiro atoms. The molecule has 1 heterocycles. The van der Waals surface area contributed by atoms with Crippen LogP contribution in [0.25, 0.3) is 11.4 Å². The molecule has 176 valence electrons. The number of ether oxygens (including phenoxy) is 1. The van der Waals surface area contributed by atoms with E-state index in [0.29, 0.717) is 28.8 Å². The highest BCUT2D eigenvalue weighted by Gasteiger charge is 2.38. The summed E-state index contributed by atoms with van der Waals surface area (Å²) >= 11 is 0. The number of hydrogen-bond acceptors (Lipinski definition) is 8. The molecular formula is C19H18F3N5O5S. The molecule has 0 atom stereocenters. The van der Waals surface area contributed by atoms with Crippen LogP contribution in [0.3, 0.4) is 0 Å². The van der Waals surface area contributed by atoms with Crippen LogP contribution in [0, 0.1) is 0 Å². The van der Waals surface area contributed by atoms with Crippen LogP contribution >= 0.6 is 0 Å². The zero-order valence-electron chi connectivity index (χ0n) is 16.9. The minimum Gasteiger partial charge on any atom is -0.496 e. The second-order valence-electron chi connectivity index (χ2n) is 6.27. The second kappa shape index (κ2) is 10.7. The number of carboxylic acids is 1. The molecule has 0 aliphatic rings. The van der Waals surface area contributed by atoms with Gasteiger partial charge in [0.15, 0.2) is 5.82 Å². The van der Waals surface area contributed by atoms with E-state index >= 15 is 0 Å². The van der Waals surface area contributed by atoms with Crippen LogP contribution in [0.2, 0.25) is 0 Å². The van der Waals surface area contributed by atoms with Crippen molar-refractivity contribution in [3.05, 3.63) is 60.4 Å². The summed E-state index contributed by atoms with van der Waals surface area (Å²) in [6.45, 7) is 0. The van der Waals surface area contributed by atoms with E-state index < -0.39 is 22.2 Å². The average Bonchev–Trinajstić information content (AvgIpc) is 2.73. The molecule has 0 saturated carbocycles. The zero-order valence-corrected chi connectivity index (χ0v) is 17.8. The highest BCUT2D eigenvalue weighted by Crippen LogP contribution is 2.27. The molecule has 0 aliphatic heterocycles. The van der Waals surface area contributed by atoms with Gasteiger partial charge in [-0.25, -0.2) is 28.3 Å². The second-order valence-corrected chi connectivity index (χ2v) is 7.88. The third-order valence-corrected chi connectivity index (χ3v) is 4.45. The van der Waals surface area contributed by atoms with Gasteiger partial charge in [-0.05, 0) is 29.8 Å². The Morgan fingerprint density at radius 2 is 1.82 bits per heavy atom. The predicted octanol–water partition coefficient (Wildman–Crippen LogP) is 2.71. The van der Waals surface area contributed by atoms with E-state index in [-0.39, 0.29) is 5.75 Å². The zero-order chi connectivity index (χ0) is 24.6. The summed E-state index contributed by atoms with van der Waals surface area (Å²) in [7, 11) is -2.02. The molecule has 2 aromatic carbocycles. The Balaban J connectivity index is 0.000000479. The van der Waals surface area contributed by atoms with Crippen molar-refractivity contribution in [1.29, 1.82) is 0 Å². The number of alkyl halides is 3. The fourth-order valence-corrected chi connectivity index (χ4v) is 3.06. The normalized spacial score (nSPS) is 11.2. The number of carboxylic acid groups (broad SMARTS) is 1. The molecule has 0 aliphatic carbocycles. The molecule has 0 saturated heterocycles. The number of benzene rings is 2. The molecule has 14 heteroatoms. The average molecular weight is 485 g/mol. The van der Waals surface area contributed by atoms with Crippen molar-refractivity contribution in [1.82, 2.24) is 15.0 Å². The molecule has 10 nitrogen and oxygen atoms in total. The SMILES string of the molecule is COc1ccccc1-c1ncnc(Nc2cccc(CS(N)(=O)=O)c2)n1.O=C(O)C(F)(F)F. The van der Waals surface area contributed by atoms with Gasteiger partial charge < -0.3 is 15.2 Å². The lowest BCUT2D eigenvalue weighted by atomic mass is 10.2. The van der Waals surface area contributed by atoms with Crippen molar-refractivity contribution in [2.75, 3.05) is 12.4 Å². The molecule has 4 N–H and O–H groups in total. The topological polar surface area (TPSA) is 157 Å². The van der Waals surface area contributed by atoms with E-state index in [1.807, 2.05) is 24.3 Å². The lowest BCUT2D eigenvalue weighted by molar-refractivity contribution is -0.192. The number of aliphatic carboxylic acids is 1. The van der Waals surface area contributed by atoms with Crippen molar-refractivity contribution in [3.8, 4) is 17.1 Å². The van der Waals surface area contributed by atoms with Crippen LogP contribution in [0.5, 0.6) is 5.75 Å². The first-order chi connectivity index (χ1) is 15.4. The number of para-hydroxylation sites is 1. The van der Waals surface area contributed by atoms with E-state index in [2.05, 4.69) is 20.3 Å². The monoisotopic (exact) mass is 485 g/mol. The van der Waals surface area contributed by atoms with Gasteiger partial charge in [0, 0.05) is 5.69 Å². The molecule has 0 fully saturated rings. The fraction of sp³-hybridized carbons (Fsp3) is 0.158. The van der Waals surface area contributed by atoms with Crippen molar-refractivity contribution < 1.29 is 36.2 Å². The third kappa shape index (κ3) is 8.34. The summed E-state index contributed by atoms with van der Waals surface area (Å²) in [5.41, 5.74) is 1.95. The van der Waals surface area contributed by atoms with E-state index in [1.54, 1.807) is 31.4 Å². The van der Waals surface area contributed by atoms with Crippen LogP contribution < -0.4 is 15.2 Å². The van der Waals surface area contributed by atoms with Gasteiger partial charge in [-0.2, -0.15) is 18.2 Å². The number of methoxy groups -OCH3 is 1. The Labute approximate surface area is 186 Å². The number of nitrogens with one attached hydrogen (secondary N) is 1. The Morgan fingerprint density at radius 1 is 1.15 bits per heavy atom. The number of nitrogens with zero attached hydrogens (tertiary/aromatic N) is 3. The molecule has 0 unspecified atom stereocenters. The Morgan fingerprint density at radius 3 is 2.42 bits per heavy atom. The number of carbonyl (C=O) groups is 1. The van der Waals surface area contributed by atoms with Crippen molar-refractivity contribution in [2.45, 2.75) is 11.9 Å². The van der Waals surface area contributed by atoms with E-state index in [4.69, 9.17) is 19.8 Å². The Bertz CT molecular complexity index is 1220. The number of primary sulfonamides is 1. The first-order valence-corrected chi connectivity index (χ1v) is 10.6. The lowest BCUT2D eigenvalue weighted by Gasteiger charge is -2.09. The first-order valence-electron chi connectivity index (χ1n) is 8.88. The summed E-state index contributed by atoms with van der Waals surface area (Å²) in [5.74, 6) is -1.56. The van der Waals surface area contributed by atoms with Crippen LogP contribution in [-0.4, -0.2) is 47.7 Å². The molecule has 0 radical (unpaired) electrons. The molecule has 3 rings (SSSR count). The number of nitrogens with two attached hydrogens (primary N) is 1. The van der Waals surface area contributed by atoms with Gasteiger partial charge in [0.25, 0.3) is 0 Å². The largest absolute Gasteiger partial charge is 0.496 e. The quantitative estimate of drug-likeness (QED) is 0.477. The minimum absolute atomic E-state index is 0.244. The van der Waals surface area contributed by atoms with Crippen molar-refractivity contribution in [2.24, 2.45) is 5.14 Å². The highest BCUT2D eigenvalue weighted by molar-refractivity contribution is 7.88. The maximum Gasteiger partial charge on any atom is 0.490 e. The standard InChI is InChI=1S/C17H17N5O3S.C2HF3O2/c1-25-15-8-3-2-7-14(15)16-19-11-20-17(22-16)21-13-6-4-5-12(9-13)10-26(18,23)24;3-2(4,5)1(6)7/h2-9,11H,10H2,1H3,(H2,18,23,24)(H,19,20,21,22);(H,6,7). The van der Waals surface area contributed by atoms with Crippen LogP contribution in [0.4, 0.5) is 24.8 Å². The molecule has 0 amide bonds. The number of aromatic nitrogens is 3. The summed E-state index contributed by atoms with van der Waals surface area (Å²) < 4.78 is 59.6. The number of anilines is 2. The molecule has 0 bridgehead atoms. The molecule has 33 heavy (non-hydrogen) atoms. The number of hydrogen-bond donors (Lipinski definition) is 3. The Hall–Kier alpha value is -3.78. The number of rotatable bonds is 6. The summed E-state index contributed by atoms with van der Waals surface area (Å²) in [6.07, 6.45) is -3.69. The highest BCUT2D eigenvalue weighted by atomic mass is 32.2. The maximum absolute atomic E-state index is 11.2. The maximum atomic E-state index is 11.2. The van der Waals surface area contributed by atoms with Gasteiger partial charge >= 0.3 is 12.1 Å². The van der Waals surface area contributed by atoms with Gasteiger partial charge in [-0.1, -0.05) is 24.3 Å². The van der Waals surface area contributed by atoms with E-state index in [0.717, 1.165) is 5.56 Å². The van der Waals surface area contributed by atoms with Gasteiger partial charge in [-0.15, -0.1) is 0 Å². The number of halogens is 3. The van der Waals surface area contributed by atoms with Crippen LogP contribution in [-0.2, 0) is 20.6 Å². The summed E-state index contributed by atoms with van der Waals surface area (Å²) in [4.78, 5) is 21.6. The van der Waals surface area contributed by atoms with Gasteiger partial charge in [0.1, 0.15) is 12.1 Å². The minimum atomic E-state index is -5.08. The van der Waals surface area contributed by atoms with E-state index in [9.17, 15) is 21.6 Å². The van der Waals surface area contributed by atoms with Gasteiger partial charge in [0.05, 0.1) is 18.4 Å². The summed E-state index contributed by atoms with van der Waals surface area (Å²) in [6, 6.07) is 14.3. The lowest BCUT2D eigenvalue weighted by Crippen LogP contribution is -2.21. The first kappa shape index (κ1) is 25.5.